The monoisotopic (exact) mass is 375 g/mol. The number of halogens is 1. The van der Waals surface area contributed by atoms with Crippen molar-refractivity contribution in [1.82, 2.24) is 30.0 Å². The van der Waals surface area contributed by atoms with E-state index in [0.717, 1.165) is 16.8 Å². The fourth-order valence-corrected chi connectivity index (χ4v) is 3.08. The highest BCUT2D eigenvalue weighted by Gasteiger charge is 2.18. The zero-order valence-electron chi connectivity index (χ0n) is 14.4. The third-order valence-corrected chi connectivity index (χ3v) is 4.61. The summed E-state index contributed by atoms with van der Waals surface area (Å²) in [5.41, 5.74) is 4.20. The molecule has 0 aliphatic rings. The normalized spacial score (nSPS) is 10.7. The van der Waals surface area contributed by atoms with Gasteiger partial charge >= 0.3 is 0 Å². The Hall–Kier alpha value is -3.50. The van der Waals surface area contributed by atoms with Crippen molar-refractivity contribution in [2.24, 2.45) is 0 Å². The van der Waals surface area contributed by atoms with Gasteiger partial charge in [-0.2, -0.15) is 10.4 Å². The number of tetrazole rings is 1. The quantitative estimate of drug-likeness (QED) is 0.545. The molecule has 0 aliphatic heterocycles. The lowest BCUT2D eigenvalue weighted by Gasteiger charge is -2.07. The number of benzene rings is 2. The molecule has 0 bridgehead atoms. The molecule has 0 spiro atoms. The average molecular weight is 376 g/mol. The standard InChI is InChI=1S/C19H14ClN7/c1-13-4-2-3-5-17(13)27-18(20)16(11-22-27)19-23-24-25-26(19)12-15-8-6-14(10-21)7-9-15/h2-9,11H,12H2,1H3. The van der Waals surface area contributed by atoms with Crippen LogP contribution in [-0.4, -0.2) is 30.0 Å². The minimum absolute atomic E-state index is 0.445. The van der Waals surface area contributed by atoms with Crippen LogP contribution in [-0.2, 0) is 6.54 Å². The molecule has 0 N–H and O–H groups in total. The number of aryl methyl sites for hydroxylation is 1. The first-order chi connectivity index (χ1) is 13.2. The van der Waals surface area contributed by atoms with Crippen molar-refractivity contribution in [2.45, 2.75) is 13.5 Å². The van der Waals surface area contributed by atoms with Gasteiger partial charge in [0, 0.05) is 0 Å². The van der Waals surface area contributed by atoms with Crippen molar-refractivity contribution in [3.63, 3.8) is 0 Å². The summed E-state index contributed by atoms with van der Waals surface area (Å²) in [5, 5.41) is 25.7. The summed E-state index contributed by atoms with van der Waals surface area (Å²) in [5.74, 6) is 0.532. The number of para-hydroxylation sites is 1. The molecule has 0 saturated carbocycles. The van der Waals surface area contributed by atoms with Crippen molar-refractivity contribution in [3.8, 4) is 23.1 Å². The Balaban J connectivity index is 1.69. The number of rotatable bonds is 4. The van der Waals surface area contributed by atoms with Crippen LogP contribution < -0.4 is 0 Å². The zero-order valence-corrected chi connectivity index (χ0v) is 15.2. The number of nitrogens with zero attached hydrogens (tertiary/aromatic N) is 7. The molecule has 7 nitrogen and oxygen atoms in total. The number of hydrogen-bond acceptors (Lipinski definition) is 5. The lowest BCUT2D eigenvalue weighted by molar-refractivity contribution is 0.653. The van der Waals surface area contributed by atoms with E-state index >= 15 is 0 Å². The van der Waals surface area contributed by atoms with Gasteiger partial charge in [-0.25, -0.2) is 9.36 Å². The van der Waals surface area contributed by atoms with Crippen molar-refractivity contribution < 1.29 is 0 Å². The summed E-state index contributed by atoms with van der Waals surface area (Å²) >= 11 is 6.59. The molecule has 0 fully saturated rings. The molecule has 2 aromatic carbocycles. The van der Waals surface area contributed by atoms with E-state index in [1.165, 1.54) is 0 Å². The van der Waals surface area contributed by atoms with Crippen LogP contribution in [0.2, 0.25) is 5.15 Å². The minimum atomic E-state index is 0.445. The van der Waals surface area contributed by atoms with Gasteiger partial charge in [0.05, 0.1) is 35.6 Å². The van der Waals surface area contributed by atoms with Crippen LogP contribution in [0.25, 0.3) is 17.1 Å². The van der Waals surface area contributed by atoms with E-state index in [9.17, 15) is 0 Å². The van der Waals surface area contributed by atoms with E-state index in [-0.39, 0.29) is 0 Å². The molecule has 2 aromatic heterocycles. The molecule has 0 radical (unpaired) electrons. The Kier molecular flexibility index (Phi) is 4.40. The minimum Gasteiger partial charge on any atom is -0.221 e. The van der Waals surface area contributed by atoms with Crippen molar-refractivity contribution >= 4 is 11.6 Å². The molecule has 0 aliphatic carbocycles. The maximum Gasteiger partial charge on any atom is 0.187 e. The van der Waals surface area contributed by atoms with Crippen molar-refractivity contribution in [2.75, 3.05) is 0 Å². The molecule has 132 valence electrons. The number of nitriles is 1. The topological polar surface area (TPSA) is 85.2 Å². The lowest BCUT2D eigenvalue weighted by atomic mass is 10.1. The molecule has 8 heteroatoms. The van der Waals surface area contributed by atoms with Crippen LogP contribution in [0.1, 0.15) is 16.7 Å². The van der Waals surface area contributed by atoms with Gasteiger partial charge in [-0.3, -0.25) is 0 Å². The fourth-order valence-electron chi connectivity index (χ4n) is 2.81. The maximum absolute atomic E-state index is 8.91. The third kappa shape index (κ3) is 3.18. The van der Waals surface area contributed by atoms with Gasteiger partial charge in [0.25, 0.3) is 0 Å². The predicted octanol–water partition coefficient (Wildman–Crippen LogP) is 3.41. The molecule has 4 aromatic rings. The van der Waals surface area contributed by atoms with E-state index in [1.807, 2.05) is 43.3 Å². The van der Waals surface area contributed by atoms with Crippen LogP contribution in [0.3, 0.4) is 0 Å². The van der Waals surface area contributed by atoms with Gasteiger partial charge in [0.15, 0.2) is 5.82 Å². The molecule has 27 heavy (non-hydrogen) atoms. The molecular weight excluding hydrogens is 362 g/mol. The molecule has 4 rings (SSSR count). The molecular formula is C19H14ClN7. The Morgan fingerprint density at radius 2 is 1.89 bits per heavy atom. The second-order valence-corrected chi connectivity index (χ2v) is 6.37. The highest BCUT2D eigenvalue weighted by atomic mass is 35.5. The molecule has 2 heterocycles. The van der Waals surface area contributed by atoms with Gasteiger partial charge in [-0.05, 0) is 46.7 Å². The largest absolute Gasteiger partial charge is 0.221 e. The second kappa shape index (κ2) is 7.02. The first-order valence-corrected chi connectivity index (χ1v) is 8.60. The second-order valence-electron chi connectivity index (χ2n) is 6.02. The lowest BCUT2D eigenvalue weighted by Crippen LogP contribution is -2.04. The Labute approximate surface area is 160 Å². The van der Waals surface area contributed by atoms with E-state index in [1.54, 1.807) is 27.7 Å². The highest BCUT2D eigenvalue weighted by molar-refractivity contribution is 6.32. The maximum atomic E-state index is 8.91. The third-order valence-electron chi connectivity index (χ3n) is 4.24. The Bertz CT molecular complexity index is 1140. The van der Waals surface area contributed by atoms with Crippen LogP contribution in [0.15, 0.2) is 54.7 Å². The van der Waals surface area contributed by atoms with Gasteiger partial charge in [-0.1, -0.05) is 41.9 Å². The SMILES string of the molecule is Cc1ccccc1-n1ncc(-c2nnnn2Cc2ccc(C#N)cc2)c1Cl. The first kappa shape index (κ1) is 16.9. The Morgan fingerprint density at radius 3 is 2.63 bits per heavy atom. The number of aromatic nitrogens is 6. The van der Waals surface area contributed by atoms with Crippen LogP contribution >= 0.6 is 11.6 Å². The predicted molar refractivity (Wildman–Crippen MR) is 100 cm³/mol. The van der Waals surface area contributed by atoms with Gasteiger partial charge < -0.3 is 0 Å². The van der Waals surface area contributed by atoms with Crippen LogP contribution in [0.5, 0.6) is 0 Å². The van der Waals surface area contributed by atoms with Gasteiger partial charge in [-0.15, -0.1) is 5.10 Å². The van der Waals surface area contributed by atoms with E-state index < -0.39 is 0 Å². The summed E-state index contributed by atoms with van der Waals surface area (Å²) < 4.78 is 3.33. The summed E-state index contributed by atoms with van der Waals surface area (Å²) in [6.07, 6.45) is 1.66. The smallest absolute Gasteiger partial charge is 0.187 e. The van der Waals surface area contributed by atoms with E-state index in [0.29, 0.717) is 28.6 Å². The summed E-state index contributed by atoms with van der Waals surface area (Å²) in [6, 6.07) is 17.3. The summed E-state index contributed by atoms with van der Waals surface area (Å²) in [6.45, 7) is 2.46. The van der Waals surface area contributed by atoms with Crippen molar-refractivity contribution in [1.29, 1.82) is 5.26 Å². The fraction of sp³-hybridized carbons (Fsp3) is 0.105. The van der Waals surface area contributed by atoms with E-state index in [4.69, 9.17) is 16.9 Å². The van der Waals surface area contributed by atoms with Gasteiger partial charge in [0.2, 0.25) is 0 Å². The van der Waals surface area contributed by atoms with Gasteiger partial charge in [0.1, 0.15) is 5.15 Å². The molecule has 0 atom stereocenters. The molecule has 0 amide bonds. The van der Waals surface area contributed by atoms with Crippen LogP contribution in [0, 0.1) is 18.3 Å². The summed E-state index contributed by atoms with van der Waals surface area (Å²) in [7, 11) is 0. The Morgan fingerprint density at radius 1 is 1.11 bits per heavy atom. The average Bonchev–Trinajstić information content (AvgIpc) is 3.29. The first-order valence-electron chi connectivity index (χ1n) is 8.22. The van der Waals surface area contributed by atoms with Crippen molar-refractivity contribution in [3.05, 3.63) is 76.6 Å². The zero-order chi connectivity index (χ0) is 18.8. The van der Waals surface area contributed by atoms with Crippen LogP contribution in [0.4, 0.5) is 0 Å². The van der Waals surface area contributed by atoms with E-state index in [2.05, 4.69) is 26.7 Å². The molecule has 0 unspecified atom stereocenters. The summed E-state index contributed by atoms with van der Waals surface area (Å²) in [4.78, 5) is 0. The highest BCUT2D eigenvalue weighted by Crippen LogP contribution is 2.29. The molecule has 0 saturated heterocycles. The number of hydrogen-bond donors (Lipinski definition) is 0.